The quantitative estimate of drug-likeness (QED) is 0.603. The van der Waals surface area contributed by atoms with Crippen molar-refractivity contribution in [3.63, 3.8) is 0 Å². The topological polar surface area (TPSA) is 62.3 Å². The van der Waals surface area contributed by atoms with E-state index in [1.165, 1.54) is 12.1 Å². The van der Waals surface area contributed by atoms with E-state index in [0.717, 1.165) is 13.3 Å². The third kappa shape index (κ3) is 2.06. The van der Waals surface area contributed by atoms with Crippen molar-refractivity contribution >= 4 is 39.5 Å². The van der Waals surface area contributed by atoms with Gasteiger partial charge in [0.05, 0.1) is 12.6 Å². The highest BCUT2D eigenvalue weighted by Crippen LogP contribution is 2.43. The molecule has 0 bridgehead atoms. The summed E-state index contributed by atoms with van der Waals surface area (Å²) in [6, 6.07) is 4.62. The second-order valence-corrected chi connectivity index (χ2v) is 5.23. The van der Waals surface area contributed by atoms with Crippen LogP contribution in [0.15, 0.2) is 24.4 Å². The molecule has 0 fully saturated rings. The van der Waals surface area contributed by atoms with E-state index in [-0.39, 0.29) is 5.39 Å². The van der Waals surface area contributed by atoms with Gasteiger partial charge < -0.3 is 14.8 Å². The normalized spacial score (nSPS) is 15.1. The number of halogens is 4. The highest BCUT2D eigenvalue weighted by Gasteiger charge is 2.63. The van der Waals surface area contributed by atoms with Gasteiger partial charge in [-0.2, -0.15) is 13.2 Å². The lowest BCUT2D eigenvalue weighted by Gasteiger charge is -2.27. The number of carbonyl (C=O) groups is 1. The molecule has 108 valence electrons. The maximum Gasteiger partial charge on any atom is 0.432 e. The summed E-state index contributed by atoms with van der Waals surface area (Å²) in [6.45, 7) is 0. The minimum Gasteiger partial charge on any atom is -0.466 e. The number of aliphatic hydroxyl groups is 1. The van der Waals surface area contributed by atoms with Crippen molar-refractivity contribution in [3.8, 4) is 0 Å². The number of methoxy groups -OCH3 is 1. The molecule has 2 N–H and O–H groups in total. The maximum atomic E-state index is 13.2. The van der Waals surface area contributed by atoms with Crippen LogP contribution in [0.2, 0.25) is 0 Å². The van der Waals surface area contributed by atoms with E-state index in [4.69, 9.17) is 0 Å². The van der Waals surface area contributed by atoms with Crippen molar-refractivity contribution in [1.82, 2.24) is 4.98 Å². The molecule has 20 heavy (non-hydrogen) atoms. The second kappa shape index (κ2) is 4.92. The molecule has 0 saturated carbocycles. The molecule has 1 unspecified atom stereocenters. The van der Waals surface area contributed by atoms with Crippen molar-refractivity contribution in [3.05, 3.63) is 33.5 Å². The zero-order chi connectivity index (χ0) is 15.1. The predicted octanol–water partition coefficient (Wildman–Crippen LogP) is 2.70. The van der Waals surface area contributed by atoms with E-state index in [1.54, 1.807) is 6.07 Å². The number of nitrogens with one attached hydrogen (secondary N) is 1. The lowest BCUT2D eigenvalue weighted by atomic mass is 9.93. The Morgan fingerprint density at radius 1 is 1.40 bits per heavy atom. The van der Waals surface area contributed by atoms with Gasteiger partial charge in [-0.1, -0.05) is 12.1 Å². The van der Waals surface area contributed by atoms with Crippen LogP contribution in [-0.4, -0.2) is 29.3 Å². The Morgan fingerprint density at radius 2 is 2.05 bits per heavy atom. The van der Waals surface area contributed by atoms with E-state index < -0.39 is 23.3 Å². The summed E-state index contributed by atoms with van der Waals surface area (Å²) in [4.78, 5) is 14.1. The number of esters is 1. The van der Waals surface area contributed by atoms with E-state index in [1.807, 2.05) is 22.6 Å². The van der Waals surface area contributed by atoms with Gasteiger partial charge in [0.15, 0.2) is 0 Å². The largest absolute Gasteiger partial charge is 0.466 e. The fraction of sp³-hybridized carbons (Fsp3) is 0.250. The van der Waals surface area contributed by atoms with Gasteiger partial charge >= 0.3 is 12.1 Å². The van der Waals surface area contributed by atoms with E-state index in [2.05, 4.69) is 9.72 Å². The first-order valence-electron chi connectivity index (χ1n) is 5.37. The first-order chi connectivity index (χ1) is 9.23. The molecular formula is C12H9F3INO3. The Morgan fingerprint density at radius 3 is 2.60 bits per heavy atom. The standard InChI is InChI=1S/C12H9F3INO3/c1-20-10(18)11(19,12(13,14)15)7-5-17-9-6(7)3-2-4-8(9)16/h2-5,17,19H,1H3. The molecule has 0 aliphatic heterocycles. The molecule has 1 aromatic carbocycles. The molecule has 1 aromatic heterocycles. The summed E-state index contributed by atoms with van der Waals surface area (Å²) in [5, 5.41) is 10.1. The maximum absolute atomic E-state index is 13.2. The third-order valence-electron chi connectivity index (χ3n) is 2.95. The fourth-order valence-electron chi connectivity index (χ4n) is 1.94. The SMILES string of the molecule is COC(=O)C(O)(c1c[nH]c2c(I)cccc12)C(F)(F)F. The number of hydrogen-bond donors (Lipinski definition) is 2. The molecule has 2 aromatic rings. The predicted molar refractivity (Wildman–Crippen MR) is 73.0 cm³/mol. The number of aromatic nitrogens is 1. The van der Waals surface area contributed by atoms with Crippen LogP contribution < -0.4 is 0 Å². The number of fused-ring (bicyclic) bond motifs is 1. The van der Waals surface area contributed by atoms with Crippen LogP contribution >= 0.6 is 22.6 Å². The Balaban J connectivity index is 2.77. The van der Waals surface area contributed by atoms with Gasteiger partial charge in [-0.15, -0.1) is 0 Å². The van der Waals surface area contributed by atoms with Crippen LogP contribution in [0, 0.1) is 3.57 Å². The summed E-state index contributed by atoms with van der Waals surface area (Å²) >= 11 is 1.94. The summed E-state index contributed by atoms with van der Waals surface area (Å²) in [6.07, 6.45) is -4.23. The molecule has 0 saturated heterocycles. The Kier molecular flexibility index (Phi) is 3.71. The summed E-state index contributed by atoms with van der Waals surface area (Å²) in [5.74, 6) is -1.77. The Bertz CT molecular complexity index is 668. The lowest BCUT2D eigenvalue weighted by Crippen LogP contribution is -2.49. The van der Waals surface area contributed by atoms with Crippen molar-refractivity contribution in [2.45, 2.75) is 11.8 Å². The van der Waals surface area contributed by atoms with Crippen LogP contribution in [0.25, 0.3) is 10.9 Å². The first kappa shape index (κ1) is 15.1. The van der Waals surface area contributed by atoms with Gasteiger partial charge in [0.1, 0.15) is 0 Å². The molecule has 8 heteroatoms. The zero-order valence-corrected chi connectivity index (χ0v) is 12.2. The van der Waals surface area contributed by atoms with E-state index in [0.29, 0.717) is 9.09 Å². The van der Waals surface area contributed by atoms with E-state index in [9.17, 15) is 23.1 Å². The number of aromatic amines is 1. The average Bonchev–Trinajstić information content (AvgIpc) is 2.81. The first-order valence-corrected chi connectivity index (χ1v) is 6.45. The zero-order valence-electron chi connectivity index (χ0n) is 10.1. The van der Waals surface area contributed by atoms with Gasteiger partial charge in [0.25, 0.3) is 5.60 Å². The van der Waals surface area contributed by atoms with Gasteiger partial charge in [-0.3, -0.25) is 0 Å². The van der Waals surface area contributed by atoms with Gasteiger partial charge in [0.2, 0.25) is 0 Å². The number of carbonyl (C=O) groups excluding carboxylic acids is 1. The van der Waals surface area contributed by atoms with Crippen LogP contribution in [-0.2, 0) is 15.1 Å². The molecule has 0 aliphatic carbocycles. The van der Waals surface area contributed by atoms with Gasteiger partial charge in [-0.25, -0.2) is 4.79 Å². The fourth-order valence-corrected chi connectivity index (χ4v) is 2.60. The summed E-state index contributed by atoms with van der Waals surface area (Å²) in [7, 11) is 0.789. The number of alkyl halides is 3. The van der Waals surface area contributed by atoms with Crippen LogP contribution in [0.3, 0.4) is 0 Å². The second-order valence-electron chi connectivity index (χ2n) is 4.06. The number of H-pyrrole nitrogens is 1. The molecule has 1 heterocycles. The number of para-hydroxylation sites is 1. The molecule has 0 radical (unpaired) electrons. The summed E-state index contributed by atoms with van der Waals surface area (Å²) < 4.78 is 44.3. The minimum atomic E-state index is -5.20. The molecule has 1 atom stereocenters. The molecule has 0 aliphatic rings. The molecule has 0 spiro atoms. The Labute approximate surface area is 125 Å². The molecule has 0 amide bonds. The van der Waals surface area contributed by atoms with E-state index >= 15 is 0 Å². The van der Waals surface area contributed by atoms with Gasteiger partial charge in [0, 0.05) is 20.7 Å². The highest BCUT2D eigenvalue weighted by molar-refractivity contribution is 14.1. The van der Waals surface area contributed by atoms with Crippen LogP contribution in [0.1, 0.15) is 5.56 Å². The number of hydrogen-bond acceptors (Lipinski definition) is 3. The smallest absolute Gasteiger partial charge is 0.432 e. The number of rotatable bonds is 2. The van der Waals surface area contributed by atoms with Crippen LogP contribution in [0.4, 0.5) is 13.2 Å². The Hall–Kier alpha value is -1.29. The summed E-state index contributed by atoms with van der Waals surface area (Å²) in [5.41, 5.74) is -3.87. The van der Waals surface area contributed by atoms with Gasteiger partial charge in [-0.05, 0) is 28.7 Å². The van der Waals surface area contributed by atoms with Crippen molar-refractivity contribution in [1.29, 1.82) is 0 Å². The van der Waals surface area contributed by atoms with Crippen molar-refractivity contribution < 1.29 is 27.8 Å². The molecule has 2 rings (SSSR count). The van der Waals surface area contributed by atoms with Crippen LogP contribution in [0.5, 0.6) is 0 Å². The third-order valence-corrected chi connectivity index (χ3v) is 3.84. The average molecular weight is 399 g/mol. The number of ether oxygens (including phenoxy) is 1. The van der Waals surface area contributed by atoms with Crippen molar-refractivity contribution in [2.75, 3.05) is 7.11 Å². The lowest BCUT2D eigenvalue weighted by molar-refractivity contribution is -0.266. The monoisotopic (exact) mass is 399 g/mol. The molecule has 4 nitrogen and oxygen atoms in total. The highest BCUT2D eigenvalue weighted by atomic mass is 127. The number of benzene rings is 1. The molecular weight excluding hydrogens is 390 g/mol. The minimum absolute atomic E-state index is 0.113. The van der Waals surface area contributed by atoms with Crippen molar-refractivity contribution in [2.24, 2.45) is 0 Å².